The van der Waals surface area contributed by atoms with Crippen LogP contribution in [0.1, 0.15) is 21.5 Å². The highest BCUT2D eigenvalue weighted by atomic mass is 79.9. The molecule has 2 aromatic rings. The van der Waals surface area contributed by atoms with Crippen molar-refractivity contribution < 1.29 is 9.53 Å². The third-order valence-electron chi connectivity index (χ3n) is 2.93. The van der Waals surface area contributed by atoms with Crippen LogP contribution in [0.15, 0.2) is 46.9 Å². The number of benzene rings is 2. The van der Waals surface area contributed by atoms with Crippen LogP contribution >= 0.6 is 27.5 Å². The highest BCUT2D eigenvalue weighted by Crippen LogP contribution is 2.21. The summed E-state index contributed by atoms with van der Waals surface area (Å²) in [4.78, 5) is 12.1. The van der Waals surface area contributed by atoms with Gasteiger partial charge >= 0.3 is 0 Å². The molecule has 0 saturated heterocycles. The lowest BCUT2D eigenvalue weighted by molar-refractivity contribution is 0.0951. The topological polar surface area (TPSA) is 38.3 Å². The van der Waals surface area contributed by atoms with Gasteiger partial charge in [-0.3, -0.25) is 4.79 Å². The van der Waals surface area contributed by atoms with Crippen LogP contribution in [0.5, 0.6) is 0 Å². The number of rotatable bonds is 5. The number of hydrogen-bond acceptors (Lipinski definition) is 2. The molecule has 21 heavy (non-hydrogen) atoms. The van der Waals surface area contributed by atoms with Crippen LogP contribution < -0.4 is 5.32 Å². The Morgan fingerprint density at radius 1 is 1.24 bits per heavy atom. The van der Waals surface area contributed by atoms with Crippen molar-refractivity contribution in [1.29, 1.82) is 0 Å². The first kappa shape index (κ1) is 16.0. The number of ether oxygens (including phenoxy) is 1. The van der Waals surface area contributed by atoms with Crippen LogP contribution in [0.25, 0.3) is 0 Å². The predicted octanol–water partition coefficient (Wildman–Crippen LogP) is 4.18. The molecule has 0 atom stereocenters. The van der Waals surface area contributed by atoms with E-state index in [2.05, 4.69) is 21.2 Å². The summed E-state index contributed by atoms with van der Waals surface area (Å²) in [6, 6.07) is 13.1. The van der Waals surface area contributed by atoms with E-state index < -0.39 is 0 Å². The normalized spacial score (nSPS) is 10.4. The molecule has 0 fully saturated rings. The average Bonchev–Trinajstić information content (AvgIpc) is 2.45. The summed E-state index contributed by atoms with van der Waals surface area (Å²) >= 11 is 9.38. The summed E-state index contributed by atoms with van der Waals surface area (Å²) in [5.74, 6) is -0.190. The minimum Gasteiger partial charge on any atom is -0.380 e. The van der Waals surface area contributed by atoms with E-state index >= 15 is 0 Å². The van der Waals surface area contributed by atoms with Gasteiger partial charge in [0.05, 0.1) is 17.2 Å². The van der Waals surface area contributed by atoms with E-state index in [4.69, 9.17) is 16.3 Å². The summed E-state index contributed by atoms with van der Waals surface area (Å²) in [6.45, 7) is 1.00. The Kier molecular flexibility index (Phi) is 5.79. The molecule has 0 saturated carbocycles. The minimum absolute atomic E-state index is 0.190. The van der Waals surface area contributed by atoms with Crippen molar-refractivity contribution in [3.8, 4) is 0 Å². The minimum atomic E-state index is -0.190. The standard InChI is InChI=1S/C16H15BrClNO2/c1-21-10-12-4-2-3-11(7-12)9-19-16(20)14-6-5-13(17)8-15(14)18/h2-8H,9-10H2,1H3,(H,19,20). The van der Waals surface area contributed by atoms with E-state index in [9.17, 15) is 4.79 Å². The molecule has 2 rings (SSSR count). The van der Waals surface area contributed by atoms with E-state index in [1.165, 1.54) is 0 Å². The van der Waals surface area contributed by atoms with E-state index in [0.717, 1.165) is 15.6 Å². The van der Waals surface area contributed by atoms with Gasteiger partial charge in [0.25, 0.3) is 5.91 Å². The molecule has 2 aromatic carbocycles. The monoisotopic (exact) mass is 367 g/mol. The fourth-order valence-electron chi connectivity index (χ4n) is 1.95. The molecular formula is C16H15BrClNO2. The Bertz CT molecular complexity index is 646. The number of halogens is 2. The van der Waals surface area contributed by atoms with Gasteiger partial charge in [-0.1, -0.05) is 51.8 Å². The van der Waals surface area contributed by atoms with Crippen molar-refractivity contribution in [2.24, 2.45) is 0 Å². The maximum absolute atomic E-state index is 12.1. The van der Waals surface area contributed by atoms with Gasteiger partial charge < -0.3 is 10.1 Å². The molecule has 0 aliphatic rings. The van der Waals surface area contributed by atoms with E-state index in [0.29, 0.717) is 23.7 Å². The first-order valence-electron chi connectivity index (χ1n) is 6.40. The summed E-state index contributed by atoms with van der Waals surface area (Å²) in [6.07, 6.45) is 0. The summed E-state index contributed by atoms with van der Waals surface area (Å²) in [5.41, 5.74) is 2.56. The van der Waals surface area contributed by atoms with Crippen LogP contribution in [-0.4, -0.2) is 13.0 Å². The highest BCUT2D eigenvalue weighted by molar-refractivity contribution is 9.10. The second kappa shape index (κ2) is 7.59. The molecule has 1 N–H and O–H groups in total. The van der Waals surface area contributed by atoms with Crippen molar-refractivity contribution in [2.75, 3.05) is 7.11 Å². The fourth-order valence-corrected chi connectivity index (χ4v) is 2.71. The predicted molar refractivity (Wildman–Crippen MR) is 87.5 cm³/mol. The van der Waals surface area contributed by atoms with Gasteiger partial charge in [0.2, 0.25) is 0 Å². The zero-order valence-corrected chi connectivity index (χ0v) is 13.9. The Morgan fingerprint density at radius 3 is 2.71 bits per heavy atom. The molecule has 0 heterocycles. The van der Waals surface area contributed by atoms with Crippen LogP contribution in [0.3, 0.4) is 0 Å². The third-order valence-corrected chi connectivity index (χ3v) is 3.74. The maximum atomic E-state index is 12.1. The van der Waals surface area contributed by atoms with Crippen LogP contribution in [0.2, 0.25) is 5.02 Å². The van der Waals surface area contributed by atoms with Gasteiger partial charge in [-0.25, -0.2) is 0 Å². The number of amides is 1. The van der Waals surface area contributed by atoms with E-state index in [-0.39, 0.29) is 5.91 Å². The number of methoxy groups -OCH3 is 1. The Morgan fingerprint density at radius 2 is 2.00 bits per heavy atom. The van der Waals surface area contributed by atoms with Crippen LogP contribution in [0, 0.1) is 0 Å². The van der Waals surface area contributed by atoms with Gasteiger partial charge in [-0.15, -0.1) is 0 Å². The average molecular weight is 369 g/mol. The number of nitrogens with one attached hydrogen (secondary N) is 1. The number of carbonyl (C=O) groups excluding carboxylic acids is 1. The SMILES string of the molecule is COCc1cccc(CNC(=O)c2ccc(Br)cc2Cl)c1. The molecule has 110 valence electrons. The zero-order chi connectivity index (χ0) is 15.2. The van der Waals surface area contributed by atoms with Gasteiger partial charge in [0.15, 0.2) is 0 Å². The van der Waals surface area contributed by atoms with Gasteiger partial charge in [-0.05, 0) is 29.3 Å². The smallest absolute Gasteiger partial charge is 0.253 e. The van der Waals surface area contributed by atoms with Crippen molar-refractivity contribution >= 4 is 33.4 Å². The first-order valence-corrected chi connectivity index (χ1v) is 7.57. The lowest BCUT2D eigenvalue weighted by Gasteiger charge is -2.08. The summed E-state index contributed by atoms with van der Waals surface area (Å²) in [7, 11) is 1.66. The molecule has 0 unspecified atom stereocenters. The molecule has 0 aliphatic carbocycles. The lowest BCUT2D eigenvalue weighted by Crippen LogP contribution is -2.23. The fraction of sp³-hybridized carbons (Fsp3) is 0.188. The highest BCUT2D eigenvalue weighted by Gasteiger charge is 2.10. The molecule has 0 aliphatic heterocycles. The van der Waals surface area contributed by atoms with E-state index in [1.54, 1.807) is 25.3 Å². The Labute approximate surface area is 137 Å². The molecule has 0 spiro atoms. The Balaban J connectivity index is 2.02. The lowest BCUT2D eigenvalue weighted by atomic mass is 10.1. The zero-order valence-electron chi connectivity index (χ0n) is 11.5. The first-order chi connectivity index (χ1) is 10.1. The molecule has 5 heteroatoms. The Hall–Kier alpha value is -1.36. The molecule has 0 aromatic heterocycles. The molecule has 0 bridgehead atoms. The summed E-state index contributed by atoms with van der Waals surface area (Å²) < 4.78 is 5.94. The van der Waals surface area contributed by atoms with Gasteiger partial charge in [0, 0.05) is 18.1 Å². The van der Waals surface area contributed by atoms with Crippen LogP contribution in [-0.2, 0) is 17.9 Å². The van der Waals surface area contributed by atoms with E-state index in [1.807, 2.05) is 24.3 Å². The van der Waals surface area contributed by atoms with Gasteiger partial charge in [0.1, 0.15) is 0 Å². The molecule has 1 amide bonds. The van der Waals surface area contributed by atoms with Crippen molar-refractivity contribution in [1.82, 2.24) is 5.32 Å². The van der Waals surface area contributed by atoms with Crippen molar-refractivity contribution in [3.63, 3.8) is 0 Å². The maximum Gasteiger partial charge on any atom is 0.253 e. The van der Waals surface area contributed by atoms with Gasteiger partial charge in [-0.2, -0.15) is 0 Å². The second-order valence-electron chi connectivity index (χ2n) is 4.56. The second-order valence-corrected chi connectivity index (χ2v) is 5.88. The summed E-state index contributed by atoms with van der Waals surface area (Å²) in [5, 5.41) is 3.29. The van der Waals surface area contributed by atoms with Crippen molar-refractivity contribution in [3.05, 3.63) is 68.7 Å². The van der Waals surface area contributed by atoms with Crippen LogP contribution in [0.4, 0.5) is 0 Å². The molecular weight excluding hydrogens is 354 g/mol. The molecule has 3 nitrogen and oxygen atoms in total. The van der Waals surface area contributed by atoms with Crippen molar-refractivity contribution in [2.45, 2.75) is 13.2 Å². The molecule has 0 radical (unpaired) electrons. The number of carbonyl (C=O) groups is 1. The largest absolute Gasteiger partial charge is 0.380 e. The quantitative estimate of drug-likeness (QED) is 0.860. The third kappa shape index (κ3) is 4.56. The number of hydrogen-bond donors (Lipinski definition) is 1.